The number of allylic oxidation sites excluding steroid dienone is 8. The number of hydrogen-bond acceptors (Lipinski definition) is 12. The minimum absolute atomic E-state index is 0.529. The number of methoxy groups -OCH3 is 8. The Morgan fingerprint density at radius 2 is 0.361 bits per heavy atom. The van der Waals surface area contributed by atoms with Crippen molar-refractivity contribution in [3.05, 3.63) is 357 Å². The summed E-state index contributed by atoms with van der Waals surface area (Å²) in [5.74, 6) is 4.27. The molecule has 0 radical (unpaired) electrons. The highest BCUT2D eigenvalue weighted by molar-refractivity contribution is 6.18. The zero-order valence-electron chi connectivity index (χ0n) is 60.5. The second kappa shape index (κ2) is 28.5. The van der Waals surface area contributed by atoms with Gasteiger partial charge in [0, 0.05) is 112 Å². The van der Waals surface area contributed by atoms with Crippen molar-refractivity contribution in [1.82, 2.24) is 19.9 Å². The van der Waals surface area contributed by atoms with Crippen LogP contribution in [-0.4, -0.2) is 99.7 Å². The van der Waals surface area contributed by atoms with Gasteiger partial charge in [-0.3, -0.25) is 0 Å². The van der Waals surface area contributed by atoms with E-state index in [9.17, 15) is 0 Å². The van der Waals surface area contributed by atoms with Crippen LogP contribution in [0.25, 0.3) is 67.3 Å². The van der Waals surface area contributed by atoms with E-state index in [0.29, 0.717) is 68.8 Å². The molecule has 8 aromatic carbocycles. The molecule has 0 amide bonds. The zero-order valence-corrected chi connectivity index (χ0v) is 60.5. The van der Waals surface area contributed by atoms with Gasteiger partial charge in [-0.25, -0.2) is 20.0 Å². The van der Waals surface area contributed by atoms with Crippen LogP contribution in [0.15, 0.2) is 310 Å². The van der Waals surface area contributed by atoms with E-state index in [2.05, 4.69) is 117 Å². The number of hydrogen-bond donors (Lipinski definition) is 4. The maximum absolute atomic E-state index is 6.32. The molecule has 14 aliphatic heterocycles. The molecule has 26 rings (SSSR count). The summed E-state index contributed by atoms with van der Waals surface area (Å²) in [5, 5.41) is 0. The molecule has 14 aliphatic rings. The van der Waals surface area contributed by atoms with E-state index in [0.717, 1.165) is 157 Å². The van der Waals surface area contributed by atoms with Crippen molar-refractivity contribution in [2.24, 2.45) is 20.0 Å². The Bertz CT molecular complexity index is 5270. The normalized spacial score (nSPS) is 14.9. The summed E-state index contributed by atoms with van der Waals surface area (Å²) in [4.78, 5) is 36.6. The summed E-state index contributed by atoms with van der Waals surface area (Å²) in [6, 6.07) is 73.8. The predicted molar refractivity (Wildman–Crippen MR) is 430 cm³/mol. The van der Waals surface area contributed by atoms with Crippen LogP contribution in [0.3, 0.4) is 0 Å². The third-order valence-corrected chi connectivity index (χ3v) is 20.0. The summed E-state index contributed by atoms with van der Waals surface area (Å²) >= 11 is 0. The molecule has 0 aliphatic carbocycles. The number of benzene rings is 8. The number of nitrogens with zero attached hydrogens (tertiary/aromatic N) is 4. The summed E-state index contributed by atoms with van der Waals surface area (Å²) in [7, 11) is 13.3. The molecule has 18 heterocycles. The fourth-order valence-corrected chi connectivity index (χ4v) is 15.1. The summed E-state index contributed by atoms with van der Waals surface area (Å²) in [6.45, 7) is 0. The fraction of sp³-hybridized carbons (Fsp3) is 0.0870. The lowest BCUT2D eigenvalue weighted by atomic mass is 10.0. The number of aromatic amines is 4. The molecule has 0 unspecified atom stereocenters. The molecule has 0 saturated heterocycles. The Hall–Kier alpha value is -14.1. The van der Waals surface area contributed by atoms with Gasteiger partial charge >= 0.3 is 0 Å². The molecule has 16 heteroatoms. The third-order valence-electron chi connectivity index (χ3n) is 20.0. The monoisotopic (exact) mass is 1420 g/mol. The molecule has 24 bridgehead atoms. The number of aromatic nitrogens is 4. The molecular formula is C92H72N8O8. The van der Waals surface area contributed by atoms with Crippen LogP contribution in [0.4, 0.5) is 0 Å². The highest BCUT2D eigenvalue weighted by atomic mass is 16.5. The highest BCUT2D eigenvalue weighted by Gasteiger charge is 2.31. The van der Waals surface area contributed by atoms with Gasteiger partial charge in [-0.2, -0.15) is 0 Å². The van der Waals surface area contributed by atoms with Crippen molar-refractivity contribution in [1.29, 1.82) is 0 Å². The Balaban J connectivity index is 0.827. The van der Waals surface area contributed by atoms with Gasteiger partial charge in [0.05, 0.1) is 103 Å². The lowest BCUT2D eigenvalue weighted by Gasteiger charge is -2.16. The first-order valence-electron chi connectivity index (χ1n) is 35.3. The number of H-pyrrole nitrogens is 4. The fourth-order valence-electron chi connectivity index (χ4n) is 15.1. The SMILES string of the molecule is COc1c2ccc(c1OC)-c1ccc([nH]1)C(c1ccccc1)=C1C=CC(=N1)c1ccc(c(OC)c1OC)-c1ccc([nH]1)C(c1ccccc1)=C1C=CC(=N1)c1ccc(c(OC)c1OC)-c1ccc([nH]1)/C(c1ccccc1)=C1\C=CC(=N1)c1ccc(c(OC)c1OC)-c1ccc([nH]1)C(c1ccccc1)=C1C=CC2=N1. The van der Waals surface area contributed by atoms with Crippen molar-refractivity contribution in [3.8, 4) is 91.0 Å². The van der Waals surface area contributed by atoms with Gasteiger partial charge in [0.25, 0.3) is 0 Å². The van der Waals surface area contributed by atoms with Crippen LogP contribution >= 0.6 is 0 Å². The van der Waals surface area contributed by atoms with E-state index in [4.69, 9.17) is 57.9 Å². The highest BCUT2D eigenvalue weighted by Crippen LogP contribution is 2.49. The van der Waals surface area contributed by atoms with Crippen LogP contribution < -0.4 is 37.9 Å². The van der Waals surface area contributed by atoms with Crippen LogP contribution in [0, 0.1) is 0 Å². The lowest BCUT2D eigenvalue weighted by molar-refractivity contribution is 0.355. The first kappa shape index (κ1) is 67.1. The summed E-state index contributed by atoms with van der Waals surface area (Å²) in [6.07, 6.45) is 16.2. The first-order chi connectivity index (χ1) is 53.2. The van der Waals surface area contributed by atoms with Gasteiger partial charge in [0.2, 0.25) is 0 Å². The molecular weight excluding hydrogens is 1350 g/mol. The molecule has 0 spiro atoms. The van der Waals surface area contributed by atoms with Crippen LogP contribution in [0.2, 0.25) is 0 Å². The minimum atomic E-state index is 0.529. The number of ether oxygens (including phenoxy) is 8. The van der Waals surface area contributed by atoms with Gasteiger partial charge in [-0.1, -0.05) is 121 Å². The first-order valence-corrected chi connectivity index (χ1v) is 35.3. The van der Waals surface area contributed by atoms with E-state index in [1.165, 1.54) is 0 Å². The molecule has 4 N–H and O–H groups in total. The number of rotatable bonds is 12. The molecule has 0 atom stereocenters. The predicted octanol–water partition coefficient (Wildman–Crippen LogP) is 19.3. The molecule has 0 fully saturated rings. The Kier molecular flexibility index (Phi) is 17.7. The van der Waals surface area contributed by atoms with E-state index >= 15 is 0 Å². The van der Waals surface area contributed by atoms with Gasteiger partial charge in [0.1, 0.15) is 0 Å². The van der Waals surface area contributed by atoms with Crippen molar-refractivity contribution < 1.29 is 37.9 Å². The Labute approximate surface area is 624 Å². The third kappa shape index (κ3) is 11.8. The Morgan fingerprint density at radius 1 is 0.185 bits per heavy atom. The van der Waals surface area contributed by atoms with Gasteiger partial charge < -0.3 is 57.8 Å². The second-order valence-electron chi connectivity index (χ2n) is 25.9. The Morgan fingerprint density at radius 3 is 0.556 bits per heavy atom. The van der Waals surface area contributed by atoms with Crippen LogP contribution in [0.1, 0.15) is 67.3 Å². The topological polar surface area (TPSA) is 186 Å². The maximum Gasteiger partial charge on any atom is 0.170 e. The zero-order chi connectivity index (χ0) is 73.5. The van der Waals surface area contributed by atoms with Gasteiger partial charge in [-0.15, -0.1) is 0 Å². The second-order valence-corrected chi connectivity index (χ2v) is 25.9. The van der Waals surface area contributed by atoms with Gasteiger partial charge in [-0.05, 0) is 168 Å². The quantitative estimate of drug-likeness (QED) is 0.0930. The van der Waals surface area contributed by atoms with Crippen LogP contribution in [-0.2, 0) is 0 Å². The van der Waals surface area contributed by atoms with Gasteiger partial charge in [0.15, 0.2) is 46.0 Å². The van der Waals surface area contributed by atoms with E-state index in [1.54, 1.807) is 56.9 Å². The molecule has 108 heavy (non-hydrogen) atoms. The van der Waals surface area contributed by atoms with Crippen molar-refractivity contribution in [3.63, 3.8) is 0 Å². The molecule has 12 aromatic rings. The van der Waals surface area contributed by atoms with Crippen molar-refractivity contribution in [2.45, 2.75) is 0 Å². The van der Waals surface area contributed by atoms with Crippen molar-refractivity contribution in [2.75, 3.05) is 56.9 Å². The standard InChI is InChI=1S/C92H72N8O8/c1-101-85-57-29-30-58(86(85)102-2)66-38-46-74(94-66)82(54-23-15-10-16-24-54)76-48-40-68(96-76)60-33-34-62(90(106-6)88(60)104-4)70-42-50-78(98-70)84(56-27-19-12-20-28-56)80-52-44-72(100-80)64-36-35-63(91(107-7)92(64)108-8)71-43-51-79(99-71)83(55-25-17-11-18-26-55)77-49-41-69(97-77)61-32-31-59(87(103-3)89(61)105-5)67-39-47-75(95-67)81(53-21-13-9-14-22-53)73-45-37-65(57)93-73/h9-52,93,96-97,100H,1-8H3/b65-57?,66-58?,67-59?,68-60?,69-61?,70-62?,71-63?,72-64?,81-73?,81-75+,82-74?,82-76?,83-77?,83-79?,84-78?,84-80?. The molecule has 4 aromatic heterocycles. The molecule has 528 valence electrons. The van der Waals surface area contributed by atoms with E-state index in [-0.39, 0.29) is 0 Å². The summed E-state index contributed by atoms with van der Waals surface area (Å²) in [5.41, 5.74) is 26.0. The summed E-state index contributed by atoms with van der Waals surface area (Å²) < 4.78 is 50.5. The van der Waals surface area contributed by atoms with Crippen molar-refractivity contribution >= 4 is 45.1 Å². The maximum atomic E-state index is 6.32. The lowest BCUT2D eigenvalue weighted by Crippen LogP contribution is -2.03. The molecule has 0 saturated carbocycles. The average molecular weight is 1420 g/mol. The van der Waals surface area contributed by atoms with E-state index in [1.807, 2.05) is 170 Å². The largest absolute Gasteiger partial charge is 0.492 e. The number of aliphatic imine (C=N–C) groups is 4. The van der Waals surface area contributed by atoms with Crippen LogP contribution in [0.5, 0.6) is 46.0 Å². The van der Waals surface area contributed by atoms with E-state index < -0.39 is 0 Å². The minimum Gasteiger partial charge on any atom is -0.492 e. The average Bonchev–Trinajstić information content (AvgIpc) is 1.50. The molecule has 16 nitrogen and oxygen atoms in total. The smallest absolute Gasteiger partial charge is 0.170 e. The number of nitrogens with one attached hydrogen (secondary N) is 4.